The van der Waals surface area contributed by atoms with Gasteiger partial charge in [0, 0.05) is 18.6 Å². The zero-order chi connectivity index (χ0) is 18.3. The molecule has 2 heterocycles. The van der Waals surface area contributed by atoms with E-state index in [1.165, 1.54) is 0 Å². The fourth-order valence-corrected chi connectivity index (χ4v) is 3.00. The van der Waals surface area contributed by atoms with Crippen LogP contribution in [0.3, 0.4) is 0 Å². The molecule has 0 radical (unpaired) electrons. The van der Waals surface area contributed by atoms with Crippen LogP contribution in [0.5, 0.6) is 0 Å². The van der Waals surface area contributed by atoms with Crippen molar-refractivity contribution in [1.82, 2.24) is 9.97 Å². The van der Waals surface area contributed by atoms with Crippen LogP contribution in [0.2, 0.25) is 0 Å². The maximum atomic E-state index is 13.1. The van der Waals surface area contributed by atoms with Crippen molar-refractivity contribution in [3.05, 3.63) is 12.4 Å². The summed E-state index contributed by atoms with van der Waals surface area (Å²) in [7, 11) is 0. The van der Waals surface area contributed by atoms with E-state index >= 15 is 0 Å². The van der Waals surface area contributed by atoms with E-state index in [4.69, 9.17) is 10.5 Å². The molecule has 0 aliphatic carbocycles. The number of imidazole rings is 1. The summed E-state index contributed by atoms with van der Waals surface area (Å²) in [6.07, 6.45) is 8.05. The van der Waals surface area contributed by atoms with Gasteiger partial charge in [-0.25, -0.2) is 4.98 Å². The first-order chi connectivity index (χ1) is 12.0. The number of aliphatic imine (C=N–C) groups is 2. The molecule has 0 bridgehead atoms. The van der Waals surface area contributed by atoms with Gasteiger partial charge in [-0.15, -0.1) is 0 Å². The van der Waals surface area contributed by atoms with Crippen molar-refractivity contribution in [3.8, 4) is 0 Å². The number of amides is 1. The van der Waals surface area contributed by atoms with Gasteiger partial charge in [0.05, 0.1) is 31.6 Å². The summed E-state index contributed by atoms with van der Waals surface area (Å²) in [5.74, 6) is 1.87. The highest BCUT2D eigenvalue weighted by Crippen LogP contribution is 2.26. The van der Waals surface area contributed by atoms with E-state index in [1.807, 2.05) is 12.5 Å². The third-order valence-electron chi connectivity index (χ3n) is 3.85. The Hall–Kier alpha value is -1.87. The molecule has 138 valence electrons. The van der Waals surface area contributed by atoms with Gasteiger partial charge in [-0.1, -0.05) is 0 Å². The van der Waals surface area contributed by atoms with Crippen molar-refractivity contribution < 1.29 is 9.53 Å². The normalized spacial score (nSPS) is 24.1. The van der Waals surface area contributed by atoms with Gasteiger partial charge in [0.1, 0.15) is 0 Å². The number of carbonyl (C=O) groups is 1. The molecule has 25 heavy (non-hydrogen) atoms. The van der Waals surface area contributed by atoms with E-state index < -0.39 is 5.54 Å². The van der Waals surface area contributed by atoms with Gasteiger partial charge in [0.25, 0.3) is 5.91 Å². The number of anilines is 1. The lowest BCUT2D eigenvalue weighted by atomic mass is 9.98. The Balaban J connectivity index is 2.09. The zero-order valence-electron chi connectivity index (χ0n) is 14.9. The van der Waals surface area contributed by atoms with Crippen molar-refractivity contribution in [2.45, 2.75) is 31.8 Å². The van der Waals surface area contributed by atoms with Gasteiger partial charge in [-0.2, -0.15) is 11.8 Å². The second-order valence-corrected chi connectivity index (χ2v) is 7.05. The Morgan fingerprint density at radius 3 is 3.04 bits per heavy atom. The molecular weight excluding hydrogens is 340 g/mol. The van der Waals surface area contributed by atoms with E-state index in [1.54, 1.807) is 42.9 Å². The summed E-state index contributed by atoms with van der Waals surface area (Å²) in [6.45, 7) is 4.56. The number of amidine groups is 1. The number of ether oxygens (including phenoxy) is 1. The van der Waals surface area contributed by atoms with Crippen LogP contribution in [-0.4, -0.2) is 71.3 Å². The van der Waals surface area contributed by atoms with Gasteiger partial charge in [-0.05, 0) is 32.3 Å². The molecule has 0 saturated heterocycles. The molecule has 1 aromatic rings. The molecule has 2 atom stereocenters. The fraction of sp³-hybridized carbons (Fsp3) is 0.625. The highest BCUT2D eigenvalue weighted by molar-refractivity contribution is 7.98. The summed E-state index contributed by atoms with van der Waals surface area (Å²) in [4.78, 5) is 30.7. The first kappa shape index (κ1) is 19.5. The minimum atomic E-state index is -0.968. The molecule has 0 saturated carbocycles. The van der Waals surface area contributed by atoms with Crippen molar-refractivity contribution in [3.63, 3.8) is 0 Å². The molecule has 0 aromatic carbocycles. The average Bonchev–Trinajstić information content (AvgIpc) is 3.09. The van der Waals surface area contributed by atoms with Crippen LogP contribution >= 0.6 is 11.8 Å². The number of nitrogens with two attached hydrogens (primary N) is 1. The number of rotatable bonds is 9. The van der Waals surface area contributed by atoms with Gasteiger partial charge >= 0.3 is 0 Å². The average molecular weight is 366 g/mol. The van der Waals surface area contributed by atoms with E-state index in [-0.39, 0.29) is 18.6 Å². The quantitative estimate of drug-likeness (QED) is 0.386. The van der Waals surface area contributed by atoms with Crippen LogP contribution in [0.1, 0.15) is 20.3 Å². The van der Waals surface area contributed by atoms with Crippen LogP contribution in [0, 0.1) is 0 Å². The van der Waals surface area contributed by atoms with Gasteiger partial charge in [-0.3, -0.25) is 19.7 Å². The third-order valence-corrected chi connectivity index (χ3v) is 4.50. The second kappa shape index (κ2) is 9.00. The van der Waals surface area contributed by atoms with Crippen molar-refractivity contribution in [1.29, 1.82) is 0 Å². The minimum Gasteiger partial charge on any atom is -0.388 e. The van der Waals surface area contributed by atoms with Crippen LogP contribution in [-0.2, 0) is 9.53 Å². The minimum absolute atomic E-state index is 0.108. The number of hydrogen-bond acceptors (Lipinski definition) is 6. The standard InChI is InChI=1S/C16H26N6O2S/c1-12(17)18-7-8-24-11-16(2)14(23)22(15-19-5-6-20-15)13(10-21-16)4-9-25-3/h5-6,10,13H,4,7-9,11H2,1-3H3,(H2,17,18)(H,19,20). The van der Waals surface area contributed by atoms with Crippen molar-refractivity contribution in [2.75, 3.05) is 36.7 Å². The predicted octanol–water partition coefficient (Wildman–Crippen LogP) is 1.10. The fourth-order valence-electron chi connectivity index (χ4n) is 2.52. The number of aromatic amines is 1. The van der Waals surface area contributed by atoms with E-state index in [0.717, 1.165) is 12.2 Å². The smallest absolute Gasteiger partial charge is 0.259 e. The zero-order valence-corrected chi connectivity index (χ0v) is 15.8. The first-order valence-corrected chi connectivity index (χ1v) is 9.59. The molecule has 2 unspecified atom stereocenters. The molecule has 2 rings (SSSR count). The highest BCUT2D eigenvalue weighted by Gasteiger charge is 2.43. The summed E-state index contributed by atoms with van der Waals surface area (Å²) < 4.78 is 5.62. The summed E-state index contributed by atoms with van der Waals surface area (Å²) in [5.41, 5.74) is 4.52. The lowest BCUT2D eigenvalue weighted by Gasteiger charge is -2.38. The number of thioether (sulfide) groups is 1. The lowest BCUT2D eigenvalue weighted by Crippen LogP contribution is -2.57. The number of hydrogen-bond donors (Lipinski definition) is 2. The second-order valence-electron chi connectivity index (χ2n) is 6.06. The van der Waals surface area contributed by atoms with Crippen LogP contribution < -0.4 is 10.6 Å². The number of nitrogens with zero attached hydrogens (tertiary/aromatic N) is 4. The van der Waals surface area contributed by atoms with Crippen molar-refractivity contribution >= 4 is 35.7 Å². The van der Waals surface area contributed by atoms with E-state index in [2.05, 4.69) is 20.0 Å². The van der Waals surface area contributed by atoms with Crippen LogP contribution in [0.15, 0.2) is 22.4 Å². The topological polar surface area (TPSA) is 109 Å². The molecule has 0 fully saturated rings. The Labute approximate surface area is 152 Å². The molecule has 9 heteroatoms. The van der Waals surface area contributed by atoms with Crippen LogP contribution in [0.25, 0.3) is 0 Å². The number of carbonyl (C=O) groups excluding carboxylic acids is 1. The molecule has 1 aliphatic heterocycles. The molecule has 0 spiro atoms. The molecule has 1 amide bonds. The molecule has 3 N–H and O–H groups in total. The maximum absolute atomic E-state index is 13.1. The Bertz CT molecular complexity index is 614. The van der Waals surface area contributed by atoms with Crippen LogP contribution in [0.4, 0.5) is 5.95 Å². The Kier molecular flexibility index (Phi) is 7.01. The molecule has 1 aromatic heterocycles. The number of H-pyrrole nitrogens is 1. The third kappa shape index (κ3) is 5.05. The summed E-state index contributed by atoms with van der Waals surface area (Å²) >= 11 is 1.74. The first-order valence-electron chi connectivity index (χ1n) is 8.19. The van der Waals surface area contributed by atoms with E-state index in [9.17, 15) is 4.79 Å². The molecule has 8 nitrogen and oxygen atoms in total. The SMILES string of the molecule is CSCCC1C=NC(C)(COCCN=C(C)N)C(=O)N1c1ncc[nH]1. The van der Waals surface area contributed by atoms with E-state index in [0.29, 0.717) is 24.9 Å². The van der Waals surface area contributed by atoms with Gasteiger partial charge in [0.15, 0.2) is 5.54 Å². The maximum Gasteiger partial charge on any atom is 0.259 e. The summed E-state index contributed by atoms with van der Waals surface area (Å²) in [6, 6.07) is -0.108. The lowest BCUT2D eigenvalue weighted by molar-refractivity contribution is -0.125. The van der Waals surface area contributed by atoms with Gasteiger partial charge < -0.3 is 15.5 Å². The Morgan fingerprint density at radius 2 is 2.40 bits per heavy atom. The predicted molar refractivity (Wildman–Crippen MR) is 103 cm³/mol. The largest absolute Gasteiger partial charge is 0.388 e. The molecule has 1 aliphatic rings. The van der Waals surface area contributed by atoms with Crippen molar-refractivity contribution in [2.24, 2.45) is 15.7 Å². The highest BCUT2D eigenvalue weighted by atomic mass is 32.2. The number of nitrogens with one attached hydrogen (secondary N) is 1. The molecular formula is C16H26N6O2S. The van der Waals surface area contributed by atoms with Gasteiger partial charge in [0.2, 0.25) is 5.95 Å². The number of aromatic nitrogens is 2. The monoisotopic (exact) mass is 366 g/mol. The Morgan fingerprint density at radius 1 is 1.60 bits per heavy atom. The summed E-state index contributed by atoms with van der Waals surface area (Å²) in [5, 5.41) is 0.